The summed E-state index contributed by atoms with van der Waals surface area (Å²) in [4.78, 5) is 13.5. The van der Waals surface area contributed by atoms with E-state index in [0.717, 1.165) is 5.56 Å². The minimum atomic E-state index is -0.483. The molecule has 1 aliphatic carbocycles. The van der Waals surface area contributed by atoms with E-state index in [9.17, 15) is 9.18 Å². The van der Waals surface area contributed by atoms with Crippen LogP contribution in [0.1, 0.15) is 45.2 Å². The van der Waals surface area contributed by atoms with Crippen molar-refractivity contribution < 1.29 is 13.9 Å². The van der Waals surface area contributed by atoms with Crippen LogP contribution in [-0.2, 0) is 4.74 Å². The maximum Gasteiger partial charge on any atom is 0.410 e. The van der Waals surface area contributed by atoms with E-state index < -0.39 is 5.60 Å². The molecule has 0 aromatic heterocycles. The van der Waals surface area contributed by atoms with E-state index in [1.54, 1.807) is 11.9 Å². The molecule has 4 nitrogen and oxygen atoms in total. The molecule has 0 heterocycles. The summed E-state index contributed by atoms with van der Waals surface area (Å²) in [6.07, 6.45) is 2.07. The highest BCUT2D eigenvalue weighted by Gasteiger charge is 2.32. The first kappa shape index (κ1) is 17.7. The average Bonchev–Trinajstić information content (AvgIpc) is 3.27. The molecule has 128 valence electrons. The normalized spacial score (nSPS) is 16.0. The SMILES string of the molecule is CN(CCNC(c1ccc(F)cc1)C1CC1)C(=O)OC(C)(C)C. The van der Waals surface area contributed by atoms with Gasteiger partial charge in [0.05, 0.1) is 0 Å². The van der Waals surface area contributed by atoms with Crippen molar-refractivity contribution in [3.05, 3.63) is 35.6 Å². The molecule has 23 heavy (non-hydrogen) atoms. The fourth-order valence-electron chi connectivity index (χ4n) is 2.48. The van der Waals surface area contributed by atoms with Crippen molar-refractivity contribution in [3.8, 4) is 0 Å². The predicted molar refractivity (Wildman–Crippen MR) is 88.7 cm³/mol. The Labute approximate surface area is 138 Å². The summed E-state index contributed by atoms with van der Waals surface area (Å²) in [6.45, 7) is 6.81. The number of carbonyl (C=O) groups is 1. The molecule has 1 amide bonds. The first-order valence-corrected chi connectivity index (χ1v) is 8.19. The lowest BCUT2D eigenvalue weighted by molar-refractivity contribution is 0.0299. The van der Waals surface area contributed by atoms with E-state index in [1.807, 2.05) is 32.9 Å². The van der Waals surface area contributed by atoms with E-state index in [2.05, 4.69) is 5.32 Å². The van der Waals surface area contributed by atoms with Crippen LogP contribution in [0.4, 0.5) is 9.18 Å². The third-order valence-corrected chi connectivity index (χ3v) is 3.84. The Kier molecular flexibility index (Phi) is 5.63. The number of benzene rings is 1. The molecule has 2 rings (SSSR count). The highest BCUT2D eigenvalue weighted by atomic mass is 19.1. The van der Waals surface area contributed by atoms with E-state index in [4.69, 9.17) is 4.74 Å². The van der Waals surface area contributed by atoms with Gasteiger partial charge in [0, 0.05) is 26.2 Å². The van der Waals surface area contributed by atoms with Crippen LogP contribution in [0.5, 0.6) is 0 Å². The summed E-state index contributed by atoms with van der Waals surface area (Å²) in [6, 6.07) is 6.90. The van der Waals surface area contributed by atoms with E-state index in [1.165, 1.54) is 25.0 Å². The molecular weight excluding hydrogens is 295 g/mol. The number of halogens is 1. The maximum atomic E-state index is 13.1. The van der Waals surface area contributed by atoms with Crippen LogP contribution in [-0.4, -0.2) is 36.7 Å². The van der Waals surface area contributed by atoms with Gasteiger partial charge in [0.25, 0.3) is 0 Å². The summed E-state index contributed by atoms with van der Waals surface area (Å²) in [5.41, 5.74) is 0.623. The van der Waals surface area contributed by atoms with Crippen molar-refractivity contribution in [3.63, 3.8) is 0 Å². The van der Waals surface area contributed by atoms with Gasteiger partial charge in [-0.25, -0.2) is 9.18 Å². The van der Waals surface area contributed by atoms with Crippen LogP contribution >= 0.6 is 0 Å². The van der Waals surface area contributed by atoms with Gasteiger partial charge in [-0.3, -0.25) is 0 Å². The summed E-state index contributed by atoms with van der Waals surface area (Å²) in [5.74, 6) is 0.389. The smallest absolute Gasteiger partial charge is 0.410 e. The first-order valence-electron chi connectivity index (χ1n) is 8.19. The minimum absolute atomic E-state index is 0.215. The van der Waals surface area contributed by atoms with Gasteiger partial charge >= 0.3 is 6.09 Å². The second-order valence-electron chi connectivity index (χ2n) is 7.22. The minimum Gasteiger partial charge on any atom is -0.444 e. The largest absolute Gasteiger partial charge is 0.444 e. The second kappa shape index (κ2) is 7.30. The molecule has 0 radical (unpaired) electrons. The molecular formula is C18H27FN2O2. The number of ether oxygens (including phenoxy) is 1. The van der Waals surface area contributed by atoms with Crippen molar-refractivity contribution in [1.82, 2.24) is 10.2 Å². The molecule has 0 saturated heterocycles. The predicted octanol–water partition coefficient (Wildman–Crippen LogP) is 3.73. The lowest BCUT2D eigenvalue weighted by atomic mass is 10.0. The van der Waals surface area contributed by atoms with Crippen molar-refractivity contribution in [1.29, 1.82) is 0 Å². The number of amides is 1. The van der Waals surface area contributed by atoms with Crippen molar-refractivity contribution in [2.45, 2.75) is 45.3 Å². The van der Waals surface area contributed by atoms with E-state index in [0.29, 0.717) is 19.0 Å². The van der Waals surface area contributed by atoms with Crippen molar-refractivity contribution in [2.24, 2.45) is 5.92 Å². The van der Waals surface area contributed by atoms with E-state index >= 15 is 0 Å². The Morgan fingerprint density at radius 3 is 2.48 bits per heavy atom. The Balaban J connectivity index is 1.83. The summed E-state index contributed by atoms with van der Waals surface area (Å²) in [5, 5.41) is 3.49. The fourth-order valence-corrected chi connectivity index (χ4v) is 2.48. The van der Waals surface area contributed by atoms with E-state index in [-0.39, 0.29) is 18.0 Å². The lowest BCUT2D eigenvalue weighted by Crippen LogP contribution is -2.39. The van der Waals surface area contributed by atoms with Gasteiger partial charge in [0.2, 0.25) is 0 Å². The van der Waals surface area contributed by atoms with Gasteiger partial charge < -0.3 is 15.0 Å². The van der Waals surface area contributed by atoms with Gasteiger partial charge in [0.15, 0.2) is 0 Å². The zero-order chi connectivity index (χ0) is 17.0. The second-order valence-corrected chi connectivity index (χ2v) is 7.22. The zero-order valence-electron chi connectivity index (χ0n) is 14.4. The molecule has 1 atom stereocenters. The topological polar surface area (TPSA) is 41.6 Å². The summed E-state index contributed by atoms with van der Waals surface area (Å²) in [7, 11) is 1.74. The highest BCUT2D eigenvalue weighted by Crippen LogP contribution is 2.40. The maximum absolute atomic E-state index is 13.1. The fraction of sp³-hybridized carbons (Fsp3) is 0.611. The summed E-state index contributed by atoms with van der Waals surface area (Å²) < 4.78 is 18.4. The van der Waals surface area contributed by atoms with Crippen LogP contribution in [0.25, 0.3) is 0 Å². The standard InChI is InChI=1S/C18H27FN2O2/c1-18(2,3)23-17(22)21(4)12-11-20-16(13-5-6-13)14-7-9-15(19)10-8-14/h7-10,13,16,20H,5-6,11-12H2,1-4H3. The van der Waals surface area contributed by atoms with Gasteiger partial charge in [-0.1, -0.05) is 12.1 Å². The molecule has 1 fully saturated rings. The molecule has 1 unspecified atom stereocenters. The van der Waals surface area contributed by atoms with Gasteiger partial charge in [-0.05, 0) is 57.2 Å². The number of rotatable bonds is 6. The molecule has 1 aromatic rings. The van der Waals surface area contributed by atoms with Crippen molar-refractivity contribution in [2.75, 3.05) is 20.1 Å². The Hall–Kier alpha value is -1.62. The van der Waals surface area contributed by atoms with Crippen LogP contribution in [0.15, 0.2) is 24.3 Å². The quantitative estimate of drug-likeness (QED) is 0.867. The molecule has 1 aromatic carbocycles. The van der Waals surface area contributed by atoms with Crippen LogP contribution in [0, 0.1) is 11.7 Å². The van der Waals surface area contributed by atoms with Gasteiger partial charge in [0.1, 0.15) is 11.4 Å². The third-order valence-electron chi connectivity index (χ3n) is 3.84. The van der Waals surface area contributed by atoms with Crippen LogP contribution in [0.2, 0.25) is 0 Å². The van der Waals surface area contributed by atoms with Gasteiger partial charge in [-0.2, -0.15) is 0 Å². The first-order chi connectivity index (χ1) is 10.8. The third kappa shape index (κ3) is 5.82. The molecule has 5 heteroatoms. The monoisotopic (exact) mass is 322 g/mol. The number of nitrogens with zero attached hydrogens (tertiary/aromatic N) is 1. The summed E-state index contributed by atoms with van der Waals surface area (Å²) >= 11 is 0. The Morgan fingerprint density at radius 1 is 1.35 bits per heavy atom. The highest BCUT2D eigenvalue weighted by molar-refractivity contribution is 5.67. The molecule has 0 bridgehead atoms. The van der Waals surface area contributed by atoms with Crippen LogP contribution in [0.3, 0.4) is 0 Å². The lowest BCUT2D eigenvalue weighted by Gasteiger charge is -2.26. The number of hydrogen-bond acceptors (Lipinski definition) is 3. The molecule has 0 spiro atoms. The van der Waals surface area contributed by atoms with Crippen molar-refractivity contribution >= 4 is 6.09 Å². The average molecular weight is 322 g/mol. The number of nitrogens with one attached hydrogen (secondary N) is 1. The van der Waals surface area contributed by atoms with Gasteiger partial charge in [-0.15, -0.1) is 0 Å². The number of carbonyl (C=O) groups excluding carboxylic acids is 1. The Morgan fingerprint density at radius 2 is 1.96 bits per heavy atom. The number of hydrogen-bond donors (Lipinski definition) is 1. The molecule has 1 saturated carbocycles. The number of likely N-dealkylation sites (N-methyl/N-ethyl adjacent to an activating group) is 1. The Bertz CT molecular complexity index is 521. The molecule has 0 aliphatic heterocycles. The molecule has 1 N–H and O–H groups in total. The van der Waals surface area contributed by atoms with Crippen LogP contribution < -0.4 is 5.32 Å². The molecule has 1 aliphatic rings. The zero-order valence-corrected chi connectivity index (χ0v) is 14.4.